The van der Waals surface area contributed by atoms with Gasteiger partial charge in [-0.25, -0.2) is 0 Å². The highest BCUT2D eigenvalue weighted by atomic mass is 15.2. The summed E-state index contributed by atoms with van der Waals surface area (Å²) in [7, 11) is 0. The minimum atomic E-state index is 0.465. The molecule has 1 heterocycles. The average Bonchev–Trinajstić information content (AvgIpc) is 2.88. The molecule has 0 aliphatic carbocycles. The summed E-state index contributed by atoms with van der Waals surface area (Å²) in [6.07, 6.45) is 3.90. The molecular weight excluding hydrogens is 256 g/mol. The van der Waals surface area contributed by atoms with Crippen molar-refractivity contribution in [2.24, 2.45) is 0 Å². The van der Waals surface area contributed by atoms with Gasteiger partial charge in [0.1, 0.15) is 0 Å². The van der Waals surface area contributed by atoms with Crippen molar-refractivity contribution in [3.63, 3.8) is 0 Å². The van der Waals surface area contributed by atoms with Gasteiger partial charge >= 0.3 is 0 Å². The second-order valence-electron chi connectivity index (χ2n) is 6.81. The monoisotopic (exact) mass is 288 g/mol. The highest BCUT2D eigenvalue weighted by molar-refractivity contribution is 5.27. The largest absolute Gasteiger partial charge is 0.309 e. The second-order valence-corrected chi connectivity index (χ2v) is 6.81. The van der Waals surface area contributed by atoms with Crippen molar-refractivity contribution in [1.29, 1.82) is 0 Å². The number of benzene rings is 1. The van der Waals surface area contributed by atoms with Gasteiger partial charge in [-0.2, -0.15) is 0 Å². The van der Waals surface area contributed by atoms with Crippen molar-refractivity contribution >= 4 is 0 Å². The molecular formula is C19H32N2. The molecule has 118 valence electrons. The van der Waals surface area contributed by atoms with Crippen molar-refractivity contribution in [2.45, 2.75) is 65.0 Å². The van der Waals surface area contributed by atoms with E-state index in [0.717, 1.165) is 19.1 Å². The minimum Gasteiger partial charge on any atom is -0.309 e. The Labute approximate surface area is 130 Å². The third-order valence-electron chi connectivity index (χ3n) is 4.75. The maximum atomic E-state index is 3.74. The molecule has 0 saturated carbocycles. The standard InChI is InChI=1S/C19H32N2/c1-5-12-20-19(14-21-13-6-7-16(21)4)18-10-8-17(9-11-18)15(2)3/h8-11,15-16,19-20H,5-7,12-14H2,1-4H3. The van der Waals surface area contributed by atoms with Gasteiger partial charge in [0.05, 0.1) is 0 Å². The fourth-order valence-corrected chi connectivity index (χ4v) is 3.22. The Morgan fingerprint density at radius 3 is 2.38 bits per heavy atom. The van der Waals surface area contributed by atoms with Crippen LogP contribution in [-0.2, 0) is 0 Å². The van der Waals surface area contributed by atoms with E-state index in [1.54, 1.807) is 0 Å². The van der Waals surface area contributed by atoms with E-state index in [2.05, 4.69) is 62.2 Å². The van der Waals surface area contributed by atoms with Crippen LogP contribution in [0.3, 0.4) is 0 Å². The van der Waals surface area contributed by atoms with Crippen molar-refractivity contribution < 1.29 is 0 Å². The van der Waals surface area contributed by atoms with E-state index < -0.39 is 0 Å². The zero-order valence-corrected chi connectivity index (χ0v) is 14.2. The minimum absolute atomic E-state index is 0.465. The normalized spacial score (nSPS) is 21.1. The topological polar surface area (TPSA) is 15.3 Å². The summed E-state index contributed by atoms with van der Waals surface area (Å²) in [6.45, 7) is 12.6. The summed E-state index contributed by atoms with van der Waals surface area (Å²) in [6, 6.07) is 10.5. The molecule has 1 aliphatic rings. The summed E-state index contributed by atoms with van der Waals surface area (Å²) in [5.74, 6) is 0.611. The average molecular weight is 288 g/mol. The van der Waals surface area contributed by atoms with Gasteiger partial charge in [0.2, 0.25) is 0 Å². The van der Waals surface area contributed by atoms with Crippen LogP contribution in [0.15, 0.2) is 24.3 Å². The number of hydrogen-bond donors (Lipinski definition) is 1. The van der Waals surface area contributed by atoms with Gasteiger partial charge in [0.25, 0.3) is 0 Å². The maximum absolute atomic E-state index is 3.74. The quantitative estimate of drug-likeness (QED) is 0.803. The molecule has 2 nitrogen and oxygen atoms in total. The first-order valence-corrected chi connectivity index (χ1v) is 8.69. The Balaban J connectivity index is 2.07. The van der Waals surface area contributed by atoms with Gasteiger partial charge in [0.15, 0.2) is 0 Å². The van der Waals surface area contributed by atoms with Gasteiger partial charge in [0, 0.05) is 18.6 Å². The molecule has 0 bridgehead atoms. The Bertz CT molecular complexity index is 410. The molecule has 1 N–H and O–H groups in total. The van der Waals surface area contributed by atoms with Crippen molar-refractivity contribution in [3.8, 4) is 0 Å². The zero-order valence-electron chi connectivity index (χ0n) is 14.2. The van der Waals surface area contributed by atoms with Crippen LogP contribution >= 0.6 is 0 Å². The van der Waals surface area contributed by atoms with Gasteiger partial charge in [-0.1, -0.05) is 45.0 Å². The van der Waals surface area contributed by atoms with E-state index in [0.29, 0.717) is 12.0 Å². The lowest BCUT2D eigenvalue weighted by atomic mass is 9.98. The fraction of sp³-hybridized carbons (Fsp3) is 0.684. The molecule has 1 aliphatic heterocycles. The summed E-state index contributed by atoms with van der Waals surface area (Å²) in [5.41, 5.74) is 2.87. The summed E-state index contributed by atoms with van der Waals surface area (Å²) < 4.78 is 0. The lowest BCUT2D eigenvalue weighted by molar-refractivity contribution is 0.237. The SMILES string of the molecule is CCCNC(CN1CCCC1C)c1ccc(C(C)C)cc1. The Morgan fingerprint density at radius 2 is 1.86 bits per heavy atom. The molecule has 2 atom stereocenters. The molecule has 2 heteroatoms. The highest BCUT2D eigenvalue weighted by Gasteiger charge is 2.23. The maximum Gasteiger partial charge on any atom is 0.0449 e. The van der Waals surface area contributed by atoms with E-state index >= 15 is 0 Å². The Morgan fingerprint density at radius 1 is 1.19 bits per heavy atom. The lowest BCUT2D eigenvalue weighted by Crippen LogP contribution is -2.37. The Hall–Kier alpha value is -0.860. The van der Waals surface area contributed by atoms with Crippen molar-refractivity contribution in [3.05, 3.63) is 35.4 Å². The first kappa shape index (κ1) is 16.5. The molecule has 0 spiro atoms. The predicted molar refractivity (Wildman–Crippen MR) is 91.8 cm³/mol. The molecule has 0 amide bonds. The van der Waals surface area contributed by atoms with Gasteiger partial charge in [-0.15, -0.1) is 0 Å². The highest BCUT2D eigenvalue weighted by Crippen LogP contribution is 2.23. The van der Waals surface area contributed by atoms with Crippen molar-refractivity contribution in [2.75, 3.05) is 19.6 Å². The number of likely N-dealkylation sites (tertiary alicyclic amines) is 1. The third-order valence-corrected chi connectivity index (χ3v) is 4.75. The van der Waals surface area contributed by atoms with Crippen LogP contribution < -0.4 is 5.32 Å². The van der Waals surface area contributed by atoms with Gasteiger partial charge in [-0.05, 0) is 56.3 Å². The molecule has 1 aromatic rings. The zero-order chi connectivity index (χ0) is 15.2. The van der Waals surface area contributed by atoms with Crippen LogP contribution in [0.25, 0.3) is 0 Å². The van der Waals surface area contributed by atoms with Crippen molar-refractivity contribution in [1.82, 2.24) is 10.2 Å². The fourth-order valence-electron chi connectivity index (χ4n) is 3.22. The van der Waals surface area contributed by atoms with E-state index in [4.69, 9.17) is 0 Å². The summed E-state index contributed by atoms with van der Waals surface area (Å²) >= 11 is 0. The molecule has 2 unspecified atom stereocenters. The number of rotatable bonds is 7. The van der Waals surface area contributed by atoms with Gasteiger partial charge in [-0.3, -0.25) is 4.90 Å². The van der Waals surface area contributed by atoms with E-state index in [-0.39, 0.29) is 0 Å². The van der Waals surface area contributed by atoms with E-state index in [9.17, 15) is 0 Å². The molecule has 21 heavy (non-hydrogen) atoms. The number of hydrogen-bond acceptors (Lipinski definition) is 2. The van der Waals surface area contributed by atoms with Crippen LogP contribution in [0, 0.1) is 0 Å². The molecule has 1 fully saturated rings. The molecule has 2 rings (SSSR count). The summed E-state index contributed by atoms with van der Waals surface area (Å²) in [4.78, 5) is 2.64. The smallest absolute Gasteiger partial charge is 0.0449 e. The van der Waals surface area contributed by atoms with E-state index in [1.807, 2.05) is 0 Å². The van der Waals surface area contributed by atoms with E-state index in [1.165, 1.54) is 36.9 Å². The number of nitrogens with one attached hydrogen (secondary N) is 1. The third kappa shape index (κ3) is 4.55. The van der Waals surface area contributed by atoms with Crippen LogP contribution in [-0.4, -0.2) is 30.6 Å². The molecule has 0 radical (unpaired) electrons. The first-order chi connectivity index (χ1) is 10.1. The van der Waals surface area contributed by atoms with Crippen LogP contribution in [0.1, 0.15) is 70.0 Å². The molecule has 1 saturated heterocycles. The predicted octanol–water partition coefficient (Wildman–Crippen LogP) is 4.34. The van der Waals surface area contributed by atoms with Crippen LogP contribution in [0.2, 0.25) is 0 Å². The molecule has 1 aromatic carbocycles. The second kappa shape index (κ2) is 7.95. The summed E-state index contributed by atoms with van der Waals surface area (Å²) in [5, 5.41) is 3.74. The van der Waals surface area contributed by atoms with Crippen LogP contribution in [0.4, 0.5) is 0 Å². The number of nitrogens with zero attached hydrogens (tertiary/aromatic N) is 1. The van der Waals surface area contributed by atoms with Crippen LogP contribution in [0.5, 0.6) is 0 Å². The first-order valence-electron chi connectivity index (χ1n) is 8.69. The lowest BCUT2D eigenvalue weighted by Gasteiger charge is -2.28. The van der Waals surface area contributed by atoms with Gasteiger partial charge < -0.3 is 5.32 Å². The molecule has 0 aromatic heterocycles. The Kier molecular flexibility index (Phi) is 6.25.